The molecule has 0 aromatic carbocycles. The van der Waals surface area contributed by atoms with Gasteiger partial charge in [0.15, 0.2) is 0 Å². The molecule has 0 fully saturated rings. The Kier molecular flexibility index (Phi) is 10.2. The van der Waals surface area contributed by atoms with Gasteiger partial charge in [0, 0.05) is 13.1 Å². The van der Waals surface area contributed by atoms with Crippen LogP contribution in [0.2, 0.25) is 0 Å². The van der Waals surface area contributed by atoms with E-state index in [2.05, 4.69) is 22.1 Å². The summed E-state index contributed by atoms with van der Waals surface area (Å²) < 4.78 is 5.30. The van der Waals surface area contributed by atoms with Crippen LogP contribution < -0.4 is 5.32 Å². The number of hydrogen-bond donors (Lipinski definition) is 1. The average molecular weight is 271 g/mol. The summed E-state index contributed by atoms with van der Waals surface area (Å²) in [6.45, 7) is 8.24. The van der Waals surface area contributed by atoms with E-state index in [1.165, 1.54) is 0 Å². The summed E-state index contributed by atoms with van der Waals surface area (Å²) in [5, 5.41) is 2.99. The lowest BCUT2D eigenvalue weighted by Crippen LogP contribution is -2.31. The van der Waals surface area contributed by atoms with Gasteiger partial charge >= 0.3 is 5.97 Å². The third-order valence-corrected chi connectivity index (χ3v) is 2.67. The van der Waals surface area contributed by atoms with E-state index in [4.69, 9.17) is 4.74 Å². The van der Waals surface area contributed by atoms with Crippen LogP contribution in [0.4, 0.5) is 0 Å². The first-order valence-corrected chi connectivity index (χ1v) is 7.15. The van der Waals surface area contributed by atoms with Crippen molar-refractivity contribution in [3.63, 3.8) is 0 Å². The number of carbonyl (C=O) groups is 1. The van der Waals surface area contributed by atoms with Gasteiger partial charge in [0.25, 0.3) is 6.02 Å². The molecule has 0 aliphatic rings. The van der Waals surface area contributed by atoms with Gasteiger partial charge in [-0.15, -0.1) is 0 Å². The molecule has 5 heteroatoms. The van der Waals surface area contributed by atoms with Gasteiger partial charge in [-0.1, -0.05) is 20.3 Å². The van der Waals surface area contributed by atoms with E-state index >= 15 is 0 Å². The van der Waals surface area contributed by atoms with Crippen LogP contribution in [0.1, 0.15) is 40.0 Å². The highest BCUT2D eigenvalue weighted by atomic mass is 16.6. The summed E-state index contributed by atoms with van der Waals surface area (Å²) >= 11 is 0. The van der Waals surface area contributed by atoms with E-state index in [9.17, 15) is 4.79 Å². The Morgan fingerprint density at radius 3 is 2.58 bits per heavy atom. The lowest BCUT2D eigenvalue weighted by atomic mass is 10.1. The summed E-state index contributed by atoms with van der Waals surface area (Å²) in [5.74, 6) is -0.273. The van der Waals surface area contributed by atoms with E-state index in [-0.39, 0.29) is 11.9 Å². The molecule has 1 unspecified atom stereocenters. The van der Waals surface area contributed by atoms with Crippen molar-refractivity contribution >= 4 is 12.0 Å². The highest BCUT2D eigenvalue weighted by molar-refractivity contribution is 5.88. The number of carbonyl (C=O) groups excluding carboxylic acids is 1. The van der Waals surface area contributed by atoms with E-state index < -0.39 is 0 Å². The molecule has 5 nitrogen and oxygen atoms in total. The minimum Gasteiger partial charge on any atom is -0.393 e. The molecule has 112 valence electrons. The monoisotopic (exact) mass is 271 g/mol. The molecular weight excluding hydrogens is 242 g/mol. The van der Waals surface area contributed by atoms with E-state index in [0.29, 0.717) is 19.1 Å². The number of hydrogen-bond acceptors (Lipinski definition) is 4. The van der Waals surface area contributed by atoms with Crippen molar-refractivity contribution in [3.8, 4) is 0 Å². The van der Waals surface area contributed by atoms with Gasteiger partial charge in [-0.05, 0) is 40.4 Å². The zero-order valence-corrected chi connectivity index (χ0v) is 13.0. The number of ether oxygens (including phenoxy) is 1. The van der Waals surface area contributed by atoms with Crippen LogP contribution in [0.3, 0.4) is 0 Å². The second-order valence-electron chi connectivity index (χ2n) is 4.98. The molecule has 0 aliphatic heterocycles. The van der Waals surface area contributed by atoms with Crippen LogP contribution in [-0.4, -0.2) is 50.6 Å². The predicted molar refractivity (Wildman–Crippen MR) is 79.3 cm³/mol. The maximum Gasteiger partial charge on any atom is 0.316 e. The Labute approximate surface area is 117 Å². The molecule has 1 atom stereocenters. The van der Waals surface area contributed by atoms with Crippen molar-refractivity contribution in [2.75, 3.05) is 33.7 Å². The fourth-order valence-electron chi connectivity index (χ4n) is 1.59. The van der Waals surface area contributed by atoms with Gasteiger partial charge < -0.3 is 15.0 Å². The van der Waals surface area contributed by atoms with Crippen LogP contribution in [0.15, 0.2) is 4.99 Å². The van der Waals surface area contributed by atoms with Gasteiger partial charge in [-0.2, -0.15) is 0 Å². The molecule has 1 N–H and O–H groups in total. The molecule has 0 radical (unpaired) electrons. The van der Waals surface area contributed by atoms with Crippen molar-refractivity contribution in [3.05, 3.63) is 0 Å². The molecular formula is C14H29N3O2. The van der Waals surface area contributed by atoms with Crippen LogP contribution in [0.25, 0.3) is 0 Å². The molecule has 0 saturated carbocycles. The molecule has 0 heterocycles. The smallest absolute Gasteiger partial charge is 0.316 e. The second kappa shape index (κ2) is 10.8. The summed E-state index contributed by atoms with van der Waals surface area (Å²) in [4.78, 5) is 18.2. The van der Waals surface area contributed by atoms with Gasteiger partial charge in [0.2, 0.25) is 0 Å². The van der Waals surface area contributed by atoms with Crippen molar-refractivity contribution in [1.29, 1.82) is 0 Å². The Bertz CT molecular complexity index is 278. The lowest BCUT2D eigenvalue weighted by molar-refractivity contribution is -0.140. The summed E-state index contributed by atoms with van der Waals surface area (Å²) in [5.41, 5.74) is 0. The largest absolute Gasteiger partial charge is 0.393 e. The Morgan fingerprint density at radius 2 is 2.05 bits per heavy atom. The van der Waals surface area contributed by atoms with E-state index in [0.717, 1.165) is 25.8 Å². The lowest BCUT2D eigenvalue weighted by Gasteiger charge is -2.13. The van der Waals surface area contributed by atoms with Crippen LogP contribution >= 0.6 is 0 Å². The summed E-state index contributed by atoms with van der Waals surface area (Å²) in [6.07, 6.45) is 2.77. The highest BCUT2D eigenvalue weighted by Crippen LogP contribution is 2.07. The first-order valence-electron chi connectivity index (χ1n) is 7.15. The Morgan fingerprint density at radius 1 is 1.37 bits per heavy atom. The standard InChI is InChI=1S/C14H29N3O2/c1-6-9-12(3)13(18)19-14(15-7-2)16-10-8-11-17(4)5/h12H,6-11H2,1-5H3,(H,15,16). The molecule has 0 spiro atoms. The normalized spacial score (nSPS) is 13.5. The quantitative estimate of drug-likeness (QED) is 0.317. The van der Waals surface area contributed by atoms with Crippen LogP contribution in [-0.2, 0) is 9.53 Å². The van der Waals surface area contributed by atoms with Crippen molar-refractivity contribution in [2.45, 2.75) is 40.0 Å². The molecule has 0 aliphatic carbocycles. The third-order valence-electron chi connectivity index (χ3n) is 2.67. The Balaban J connectivity index is 4.23. The van der Waals surface area contributed by atoms with Gasteiger partial charge in [0.1, 0.15) is 0 Å². The number of nitrogens with zero attached hydrogens (tertiary/aromatic N) is 2. The van der Waals surface area contributed by atoms with Crippen LogP contribution in [0, 0.1) is 5.92 Å². The number of amidine groups is 1. The summed E-state index contributed by atoms with van der Waals surface area (Å²) in [7, 11) is 4.06. The summed E-state index contributed by atoms with van der Waals surface area (Å²) in [6, 6.07) is 0.356. The molecule has 19 heavy (non-hydrogen) atoms. The fraction of sp³-hybridized carbons (Fsp3) is 0.857. The number of rotatable bonds is 8. The molecule has 0 rings (SSSR count). The van der Waals surface area contributed by atoms with Crippen LogP contribution in [0.5, 0.6) is 0 Å². The Hall–Kier alpha value is -1.10. The van der Waals surface area contributed by atoms with E-state index in [1.807, 2.05) is 27.9 Å². The van der Waals surface area contributed by atoms with Crippen molar-refractivity contribution in [2.24, 2.45) is 10.9 Å². The first-order chi connectivity index (χ1) is 9.01. The van der Waals surface area contributed by atoms with Crippen molar-refractivity contribution < 1.29 is 9.53 Å². The average Bonchev–Trinajstić information content (AvgIpc) is 2.34. The third kappa shape index (κ3) is 9.47. The molecule has 0 amide bonds. The fourth-order valence-corrected chi connectivity index (χ4v) is 1.59. The predicted octanol–water partition coefficient (Wildman–Crippen LogP) is 1.88. The number of esters is 1. The van der Waals surface area contributed by atoms with Gasteiger partial charge in [-0.25, -0.2) is 4.99 Å². The van der Waals surface area contributed by atoms with Gasteiger partial charge in [-0.3, -0.25) is 4.79 Å². The minimum absolute atomic E-state index is 0.0735. The molecule has 0 bridgehead atoms. The van der Waals surface area contributed by atoms with Crippen molar-refractivity contribution in [1.82, 2.24) is 10.2 Å². The van der Waals surface area contributed by atoms with Gasteiger partial charge in [0.05, 0.1) is 5.92 Å². The SMILES string of the molecule is CCCC(C)C(=O)O/C(=N\CCCN(C)C)NCC. The number of nitrogens with one attached hydrogen (secondary N) is 1. The molecule has 0 aromatic heterocycles. The zero-order chi connectivity index (χ0) is 14.7. The minimum atomic E-state index is -0.200. The molecule has 0 saturated heterocycles. The maximum absolute atomic E-state index is 11.8. The first kappa shape index (κ1) is 17.9. The molecule has 0 aromatic rings. The van der Waals surface area contributed by atoms with E-state index in [1.54, 1.807) is 0 Å². The topological polar surface area (TPSA) is 53.9 Å². The second-order valence-corrected chi connectivity index (χ2v) is 4.98. The maximum atomic E-state index is 11.8. The number of aliphatic imine (C=N–C) groups is 1. The zero-order valence-electron chi connectivity index (χ0n) is 13.0. The highest BCUT2D eigenvalue weighted by Gasteiger charge is 2.15.